The minimum Gasteiger partial charge on any atom is -0.372 e. The van der Waals surface area contributed by atoms with Crippen LogP contribution in [0.5, 0.6) is 0 Å². The minimum absolute atomic E-state index is 0.254. The Labute approximate surface area is 103 Å². The summed E-state index contributed by atoms with van der Waals surface area (Å²) in [7, 11) is 0. The number of rotatable bonds is 4. The summed E-state index contributed by atoms with van der Waals surface area (Å²) in [5, 5.41) is 0. The van der Waals surface area contributed by atoms with E-state index in [0.29, 0.717) is 0 Å². The number of hydrogen-bond acceptors (Lipinski definition) is 2. The van der Waals surface area contributed by atoms with Crippen LogP contribution in [0.15, 0.2) is 24.3 Å². The molecule has 17 heavy (non-hydrogen) atoms. The molecule has 0 aliphatic heterocycles. The molecular weight excluding hydrogens is 210 g/mol. The molecule has 2 N–H and O–H groups in total. The Balaban J connectivity index is 1.63. The van der Waals surface area contributed by atoms with Crippen LogP contribution < -0.4 is 5.73 Å². The SMILES string of the molecule is NC(COC1CCCc2ccccc21)C1CC1. The third-order valence-corrected chi connectivity index (χ3v) is 4.03. The number of aryl methyl sites for hydroxylation is 1. The minimum atomic E-state index is 0.254. The van der Waals surface area contributed by atoms with E-state index >= 15 is 0 Å². The van der Waals surface area contributed by atoms with Crippen molar-refractivity contribution in [2.75, 3.05) is 6.61 Å². The second-order valence-electron chi connectivity index (χ2n) is 5.41. The van der Waals surface area contributed by atoms with E-state index in [1.54, 1.807) is 0 Å². The van der Waals surface area contributed by atoms with Crippen molar-refractivity contribution >= 4 is 0 Å². The second-order valence-corrected chi connectivity index (χ2v) is 5.41. The molecule has 0 aromatic heterocycles. The number of benzene rings is 1. The lowest BCUT2D eigenvalue weighted by atomic mass is 9.89. The van der Waals surface area contributed by atoms with E-state index in [-0.39, 0.29) is 12.1 Å². The van der Waals surface area contributed by atoms with Gasteiger partial charge in [-0.25, -0.2) is 0 Å². The molecule has 2 atom stereocenters. The Bertz CT molecular complexity index is 386. The molecule has 1 aromatic rings. The quantitative estimate of drug-likeness (QED) is 0.864. The monoisotopic (exact) mass is 231 g/mol. The fraction of sp³-hybridized carbons (Fsp3) is 0.600. The summed E-state index contributed by atoms with van der Waals surface area (Å²) >= 11 is 0. The molecular formula is C15H21NO. The van der Waals surface area contributed by atoms with Gasteiger partial charge in [0, 0.05) is 6.04 Å². The summed E-state index contributed by atoms with van der Waals surface area (Å²) in [6.07, 6.45) is 6.46. The molecule has 0 amide bonds. The molecule has 2 nitrogen and oxygen atoms in total. The summed E-state index contributed by atoms with van der Waals surface area (Å²) in [4.78, 5) is 0. The molecule has 0 radical (unpaired) electrons. The molecule has 1 saturated carbocycles. The van der Waals surface area contributed by atoms with Gasteiger partial charge in [-0.2, -0.15) is 0 Å². The van der Waals surface area contributed by atoms with E-state index < -0.39 is 0 Å². The third kappa shape index (κ3) is 2.53. The first kappa shape index (κ1) is 11.2. The van der Waals surface area contributed by atoms with Gasteiger partial charge in [-0.3, -0.25) is 0 Å². The second kappa shape index (κ2) is 4.79. The van der Waals surface area contributed by atoms with Crippen LogP contribution in [0.3, 0.4) is 0 Å². The third-order valence-electron chi connectivity index (χ3n) is 4.03. The van der Waals surface area contributed by atoms with E-state index in [2.05, 4.69) is 24.3 Å². The number of hydrogen-bond donors (Lipinski definition) is 1. The zero-order valence-corrected chi connectivity index (χ0v) is 10.3. The molecule has 3 rings (SSSR count). The van der Waals surface area contributed by atoms with Gasteiger partial charge in [0.2, 0.25) is 0 Å². The van der Waals surface area contributed by atoms with Crippen LogP contribution in [-0.4, -0.2) is 12.6 Å². The van der Waals surface area contributed by atoms with Gasteiger partial charge in [0.05, 0.1) is 12.7 Å². The fourth-order valence-corrected chi connectivity index (χ4v) is 2.77. The maximum Gasteiger partial charge on any atom is 0.0828 e. The van der Waals surface area contributed by atoms with E-state index in [1.165, 1.54) is 36.8 Å². The van der Waals surface area contributed by atoms with Crippen LogP contribution in [0.2, 0.25) is 0 Å². The average molecular weight is 231 g/mol. The standard InChI is InChI=1S/C15H21NO/c16-14(12-8-9-12)10-17-15-7-3-5-11-4-1-2-6-13(11)15/h1-2,4,6,12,14-15H,3,5,7-10,16H2. The van der Waals surface area contributed by atoms with Gasteiger partial charge in [-0.1, -0.05) is 24.3 Å². The van der Waals surface area contributed by atoms with Crippen molar-refractivity contribution in [1.82, 2.24) is 0 Å². The molecule has 0 bridgehead atoms. The molecule has 0 saturated heterocycles. The van der Waals surface area contributed by atoms with Gasteiger partial charge in [-0.15, -0.1) is 0 Å². The van der Waals surface area contributed by atoms with Crippen molar-refractivity contribution in [2.45, 2.75) is 44.2 Å². The maximum absolute atomic E-state index is 6.09. The average Bonchev–Trinajstić information content (AvgIpc) is 3.20. The normalized spacial score (nSPS) is 25.4. The van der Waals surface area contributed by atoms with Crippen molar-refractivity contribution in [3.05, 3.63) is 35.4 Å². The van der Waals surface area contributed by atoms with Crippen LogP contribution in [0.25, 0.3) is 0 Å². The van der Waals surface area contributed by atoms with Crippen molar-refractivity contribution in [1.29, 1.82) is 0 Å². The lowest BCUT2D eigenvalue weighted by Crippen LogP contribution is -2.29. The van der Waals surface area contributed by atoms with Crippen LogP contribution in [-0.2, 0) is 11.2 Å². The maximum atomic E-state index is 6.09. The van der Waals surface area contributed by atoms with Gasteiger partial charge in [0.1, 0.15) is 0 Å². The highest BCUT2D eigenvalue weighted by molar-refractivity contribution is 5.31. The van der Waals surface area contributed by atoms with Crippen LogP contribution >= 0.6 is 0 Å². The first-order valence-corrected chi connectivity index (χ1v) is 6.79. The molecule has 92 valence electrons. The molecule has 0 spiro atoms. The van der Waals surface area contributed by atoms with Crippen LogP contribution in [0.1, 0.15) is 42.9 Å². The Kier molecular flexibility index (Phi) is 3.17. The lowest BCUT2D eigenvalue weighted by Gasteiger charge is -2.26. The zero-order chi connectivity index (χ0) is 11.7. The van der Waals surface area contributed by atoms with Gasteiger partial charge in [-0.05, 0) is 49.1 Å². The smallest absolute Gasteiger partial charge is 0.0828 e. The summed E-state index contributed by atoms with van der Waals surface area (Å²) in [6.45, 7) is 0.726. The molecule has 0 heterocycles. The lowest BCUT2D eigenvalue weighted by molar-refractivity contribution is 0.0292. The van der Waals surface area contributed by atoms with Crippen LogP contribution in [0.4, 0.5) is 0 Å². The van der Waals surface area contributed by atoms with Gasteiger partial charge in [0.25, 0.3) is 0 Å². The molecule has 2 aliphatic carbocycles. The highest BCUT2D eigenvalue weighted by Crippen LogP contribution is 2.35. The largest absolute Gasteiger partial charge is 0.372 e. The Morgan fingerprint density at radius 1 is 1.24 bits per heavy atom. The topological polar surface area (TPSA) is 35.2 Å². The Morgan fingerprint density at radius 3 is 2.88 bits per heavy atom. The van der Waals surface area contributed by atoms with E-state index in [1.807, 2.05) is 0 Å². The predicted molar refractivity (Wildman–Crippen MR) is 68.8 cm³/mol. The zero-order valence-electron chi connectivity index (χ0n) is 10.3. The van der Waals surface area contributed by atoms with Crippen molar-refractivity contribution in [2.24, 2.45) is 11.7 Å². The summed E-state index contributed by atoms with van der Waals surface area (Å²) in [5.74, 6) is 0.730. The Hall–Kier alpha value is -0.860. The predicted octanol–water partition coefficient (Wildman–Crippen LogP) is 2.82. The fourth-order valence-electron chi connectivity index (χ4n) is 2.77. The van der Waals surface area contributed by atoms with E-state index in [0.717, 1.165) is 18.9 Å². The highest BCUT2D eigenvalue weighted by atomic mass is 16.5. The number of nitrogens with two attached hydrogens (primary N) is 1. The van der Waals surface area contributed by atoms with E-state index in [9.17, 15) is 0 Å². The van der Waals surface area contributed by atoms with Crippen molar-refractivity contribution < 1.29 is 4.74 Å². The summed E-state index contributed by atoms with van der Waals surface area (Å²) in [5.41, 5.74) is 8.94. The molecule has 1 aromatic carbocycles. The highest BCUT2D eigenvalue weighted by Gasteiger charge is 2.29. The first-order chi connectivity index (χ1) is 8.34. The van der Waals surface area contributed by atoms with Gasteiger partial charge >= 0.3 is 0 Å². The van der Waals surface area contributed by atoms with Crippen molar-refractivity contribution in [3.8, 4) is 0 Å². The molecule has 1 fully saturated rings. The Morgan fingerprint density at radius 2 is 2.06 bits per heavy atom. The molecule has 2 aliphatic rings. The number of fused-ring (bicyclic) bond motifs is 1. The first-order valence-electron chi connectivity index (χ1n) is 6.79. The number of ether oxygens (including phenoxy) is 1. The molecule has 2 unspecified atom stereocenters. The van der Waals surface area contributed by atoms with E-state index in [4.69, 9.17) is 10.5 Å². The summed E-state index contributed by atoms with van der Waals surface area (Å²) in [6, 6.07) is 8.93. The van der Waals surface area contributed by atoms with Crippen molar-refractivity contribution in [3.63, 3.8) is 0 Å². The van der Waals surface area contributed by atoms with Gasteiger partial charge < -0.3 is 10.5 Å². The van der Waals surface area contributed by atoms with Gasteiger partial charge in [0.15, 0.2) is 0 Å². The summed E-state index contributed by atoms with van der Waals surface area (Å²) < 4.78 is 6.05. The molecule has 2 heteroatoms. The van der Waals surface area contributed by atoms with Crippen LogP contribution in [0, 0.1) is 5.92 Å².